The van der Waals surface area contributed by atoms with Crippen molar-refractivity contribution in [2.45, 2.75) is 13.8 Å². The van der Waals surface area contributed by atoms with Gasteiger partial charge >= 0.3 is 0 Å². The average Bonchev–Trinajstić information content (AvgIpc) is 2.14. The van der Waals surface area contributed by atoms with Gasteiger partial charge in [-0.15, -0.1) is 0 Å². The third-order valence-electron chi connectivity index (χ3n) is 0.607. The second-order valence-corrected chi connectivity index (χ2v) is 1.08. The third-order valence-corrected chi connectivity index (χ3v) is 0.607. The molecule has 0 heterocycles. The Morgan fingerprint density at radius 3 is 1.27 bits per heavy atom. The van der Waals surface area contributed by atoms with Crippen LogP contribution in [0.4, 0.5) is 0 Å². The minimum Gasteiger partial charge on any atom is -0.346 e. The number of hydrogen-bond donors (Lipinski definition) is 0. The third kappa shape index (κ3) is 17.7. The van der Waals surface area contributed by atoms with Gasteiger partial charge in [0.2, 0.25) is 0 Å². The Bertz CT molecular complexity index is 76.8. The van der Waals surface area contributed by atoms with Crippen LogP contribution >= 0.6 is 0 Å². The summed E-state index contributed by atoms with van der Waals surface area (Å²) < 4.78 is 0. The summed E-state index contributed by atoms with van der Waals surface area (Å²) in [5.74, 6) is 0. The van der Waals surface area contributed by atoms with E-state index in [2.05, 4.69) is 19.9 Å². The monoisotopic (exact) mass is 199 g/mol. The number of hydrogen-bond acceptors (Lipinski definition) is 0. The molecule has 0 saturated heterocycles. The Morgan fingerprint density at radius 2 is 1.18 bits per heavy atom. The molecule has 0 amide bonds. The summed E-state index contributed by atoms with van der Waals surface area (Å²) in [6.45, 7) is 10.0. The molecule has 0 fully saturated rings. The zero-order valence-corrected chi connectivity index (χ0v) is 10.5. The standard InChI is InChI=1S/C6H5.2C2H5.Zn/c1-2-4-6-5-3-1;2*1-2;/h1-5H;2*1H2,2H3;/q3*-1;. The van der Waals surface area contributed by atoms with Gasteiger partial charge in [0.1, 0.15) is 0 Å². The van der Waals surface area contributed by atoms with Crippen LogP contribution in [0.3, 0.4) is 0 Å². The Kier molecular flexibility index (Phi) is 35.0. The second kappa shape index (κ2) is 22.5. The Labute approximate surface area is 83.8 Å². The molecule has 0 aliphatic carbocycles. The molecule has 1 aromatic carbocycles. The van der Waals surface area contributed by atoms with Crippen LogP contribution in [0.5, 0.6) is 0 Å². The van der Waals surface area contributed by atoms with Gasteiger partial charge in [-0.25, -0.2) is 0 Å². The zero-order valence-electron chi connectivity index (χ0n) is 7.51. The van der Waals surface area contributed by atoms with Crippen LogP contribution in [0.25, 0.3) is 0 Å². The molecular weight excluding hydrogens is 185 g/mol. The van der Waals surface area contributed by atoms with Crippen LogP contribution in [0.2, 0.25) is 0 Å². The number of rotatable bonds is 0. The summed E-state index contributed by atoms with van der Waals surface area (Å²) in [5, 5.41) is 0. The SMILES string of the molecule is [CH2-]C.[CH2-]C.[Zn].[c-]1ccccc1. The Morgan fingerprint density at radius 1 is 0.818 bits per heavy atom. The van der Waals surface area contributed by atoms with E-state index >= 15 is 0 Å². The predicted molar refractivity (Wildman–Crippen MR) is 47.3 cm³/mol. The molecule has 0 aliphatic heterocycles. The van der Waals surface area contributed by atoms with Crippen LogP contribution in [0.1, 0.15) is 13.8 Å². The van der Waals surface area contributed by atoms with E-state index in [0.29, 0.717) is 0 Å². The van der Waals surface area contributed by atoms with Crippen molar-refractivity contribution < 1.29 is 19.5 Å². The van der Waals surface area contributed by atoms with E-state index in [1.165, 1.54) is 0 Å². The summed E-state index contributed by atoms with van der Waals surface area (Å²) in [6, 6.07) is 12.5. The van der Waals surface area contributed by atoms with Crippen LogP contribution in [-0.2, 0) is 19.5 Å². The quantitative estimate of drug-likeness (QED) is 0.446. The van der Waals surface area contributed by atoms with Crippen LogP contribution < -0.4 is 0 Å². The molecule has 0 bridgehead atoms. The van der Waals surface area contributed by atoms with Gasteiger partial charge in [0.25, 0.3) is 0 Å². The van der Waals surface area contributed by atoms with Crippen LogP contribution in [0.15, 0.2) is 30.3 Å². The minimum absolute atomic E-state index is 0. The maximum absolute atomic E-state index is 3.25. The van der Waals surface area contributed by atoms with Crippen molar-refractivity contribution in [2.75, 3.05) is 0 Å². The summed E-state index contributed by atoms with van der Waals surface area (Å²) in [6.07, 6.45) is 0. The molecule has 1 rings (SSSR count). The smallest absolute Gasteiger partial charge is 0 e. The fourth-order valence-corrected chi connectivity index (χ4v) is 0.342. The van der Waals surface area contributed by atoms with Gasteiger partial charge in [-0.05, 0) is 0 Å². The number of benzene rings is 1. The maximum atomic E-state index is 3.25. The minimum atomic E-state index is 0. The topological polar surface area (TPSA) is 0 Å². The van der Waals surface area contributed by atoms with E-state index in [4.69, 9.17) is 0 Å². The summed E-state index contributed by atoms with van der Waals surface area (Å²) in [5.41, 5.74) is 0. The molecule has 1 heteroatoms. The molecule has 0 spiro atoms. The first-order valence-electron chi connectivity index (χ1n) is 3.32. The molecule has 1 aromatic rings. The fourth-order valence-electron chi connectivity index (χ4n) is 0.342. The molecule has 0 saturated carbocycles. The predicted octanol–water partition coefficient (Wildman–Crippen LogP) is 3.17. The van der Waals surface area contributed by atoms with E-state index in [1.807, 2.05) is 30.3 Å². The van der Waals surface area contributed by atoms with E-state index in [1.54, 1.807) is 13.8 Å². The molecule has 0 N–H and O–H groups in total. The van der Waals surface area contributed by atoms with Gasteiger partial charge < -0.3 is 13.8 Å². The van der Waals surface area contributed by atoms with Crippen molar-refractivity contribution in [3.05, 3.63) is 50.2 Å². The largest absolute Gasteiger partial charge is 0.346 e. The fraction of sp³-hybridized carbons (Fsp3) is 0.200. The molecule has 60 valence electrons. The molecule has 0 atom stereocenters. The molecule has 0 aliphatic rings. The summed E-state index contributed by atoms with van der Waals surface area (Å²) in [4.78, 5) is 0. The average molecular weight is 201 g/mol. The van der Waals surface area contributed by atoms with E-state index in [0.717, 1.165) is 0 Å². The van der Waals surface area contributed by atoms with Crippen molar-refractivity contribution in [3.8, 4) is 0 Å². The summed E-state index contributed by atoms with van der Waals surface area (Å²) >= 11 is 0. The Balaban J connectivity index is -0.000000114. The van der Waals surface area contributed by atoms with Gasteiger partial charge in [0.15, 0.2) is 0 Å². The van der Waals surface area contributed by atoms with Crippen molar-refractivity contribution in [1.29, 1.82) is 0 Å². The van der Waals surface area contributed by atoms with Crippen molar-refractivity contribution in [1.82, 2.24) is 0 Å². The van der Waals surface area contributed by atoms with E-state index in [9.17, 15) is 0 Å². The Hall–Kier alpha value is -0.157. The first-order chi connectivity index (χ1) is 5.00. The molecule has 11 heavy (non-hydrogen) atoms. The van der Waals surface area contributed by atoms with Gasteiger partial charge in [-0.1, -0.05) is 0 Å². The molecule has 0 aromatic heterocycles. The van der Waals surface area contributed by atoms with Crippen molar-refractivity contribution >= 4 is 0 Å². The van der Waals surface area contributed by atoms with Crippen LogP contribution in [0, 0.1) is 19.9 Å². The molecule has 0 unspecified atom stereocenters. The van der Waals surface area contributed by atoms with Gasteiger partial charge in [0.05, 0.1) is 0 Å². The van der Waals surface area contributed by atoms with Gasteiger partial charge in [-0.3, -0.25) is 0 Å². The normalized spacial score (nSPS) is 5.45. The maximum Gasteiger partial charge on any atom is 0 e. The summed E-state index contributed by atoms with van der Waals surface area (Å²) in [7, 11) is 0. The molecule has 0 radical (unpaired) electrons. The van der Waals surface area contributed by atoms with Crippen LogP contribution in [-0.4, -0.2) is 0 Å². The first kappa shape index (κ1) is 17.1. The second-order valence-electron chi connectivity index (χ2n) is 1.08. The van der Waals surface area contributed by atoms with E-state index < -0.39 is 0 Å². The molecule has 0 nitrogen and oxygen atoms in total. The van der Waals surface area contributed by atoms with Crippen molar-refractivity contribution in [2.24, 2.45) is 0 Å². The van der Waals surface area contributed by atoms with Gasteiger partial charge in [0, 0.05) is 19.5 Å². The molecular formula is C10H15Zn-3. The first-order valence-corrected chi connectivity index (χ1v) is 3.32. The van der Waals surface area contributed by atoms with Gasteiger partial charge in [-0.2, -0.15) is 50.2 Å². The zero-order chi connectivity index (χ0) is 8.24. The van der Waals surface area contributed by atoms with E-state index in [-0.39, 0.29) is 19.5 Å². The van der Waals surface area contributed by atoms with Crippen molar-refractivity contribution in [3.63, 3.8) is 0 Å².